The van der Waals surface area contributed by atoms with Gasteiger partial charge in [-0.2, -0.15) is 0 Å². The Bertz CT molecular complexity index is 408. The maximum absolute atomic E-state index is 5.57. The molecule has 0 amide bonds. The molecule has 2 heterocycles. The zero-order valence-electron chi connectivity index (χ0n) is 12.5. The molecule has 1 saturated heterocycles. The molecule has 6 heteroatoms. The van der Waals surface area contributed by atoms with E-state index in [1.807, 2.05) is 19.9 Å². The van der Waals surface area contributed by atoms with E-state index >= 15 is 0 Å². The molecule has 0 spiro atoms. The van der Waals surface area contributed by atoms with Gasteiger partial charge in [-0.05, 0) is 20.8 Å². The molecule has 0 saturated carbocycles. The maximum atomic E-state index is 5.57. The molecule has 0 radical (unpaired) electrons. The van der Waals surface area contributed by atoms with Crippen LogP contribution in [-0.2, 0) is 4.74 Å². The van der Waals surface area contributed by atoms with Gasteiger partial charge in [-0.15, -0.1) is 0 Å². The first-order valence-corrected chi connectivity index (χ1v) is 7.19. The summed E-state index contributed by atoms with van der Waals surface area (Å²) in [4.78, 5) is 10.7. The van der Waals surface area contributed by atoms with Crippen molar-refractivity contribution in [3.63, 3.8) is 0 Å². The second-order valence-corrected chi connectivity index (χ2v) is 5.37. The average molecular weight is 280 g/mol. The van der Waals surface area contributed by atoms with E-state index in [2.05, 4.69) is 27.1 Å². The van der Waals surface area contributed by atoms with Gasteiger partial charge in [-0.3, -0.25) is 4.90 Å². The van der Waals surface area contributed by atoms with Crippen LogP contribution in [-0.4, -0.2) is 59.9 Å². The van der Waals surface area contributed by atoms with Crippen LogP contribution < -0.4 is 10.1 Å². The van der Waals surface area contributed by atoms with Crippen molar-refractivity contribution in [2.45, 2.75) is 32.9 Å². The SMILES string of the molecule is CC(CN1CCOCC1)Nc1cc(OC(C)C)ncn1. The van der Waals surface area contributed by atoms with E-state index in [-0.39, 0.29) is 6.10 Å². The van der Waals surface area contributed by atoms with Crippen LogP contribution in [0.1, 0.15) is 20.8 Å². The van der Waals surface area contributed by atoms with Gasteiger partial charge < -0.3 is 14.8 Å². The van der Waals surface area contributed by atoms with Crippen LogP contribution >= 0.6 is 0 Å². The molecular formula is C14H24N4O2. The third-order valence-electron chi connectivity index (χ3n) is 3.03. The number of hydrogen-bond acceptors (Lipinski definition) is 6. The Morgan fingerprint density at radius 2 is 2.05 bits per heavy atom. The summed E-state index contributed by atoms with van der Waals surface area (Å²) in [6.07, 6.45) is 1.64. The van der Waals surface area contributed by atoms with Crippen molar-refractivity contribution in [1.29, 1.82) is 0 Å². The second kappa shape index (κ2) is 7.40. The molecule has 0 aliphatic carbocycles. The highest BCUT2D eigenvalue weighted by Crippen LogP contribution is 2.13. The Hall–Kier alpha value is -1.40. The summed E-state index contributed by atoms with van der Waals surface area (Å²) in [6, 6.07) is 2.16. The molecule has 20 heavy (non-hydrogen) atoms. The van der Waals surface area contributed by atoms with Crippen molar-refractivity contribution in [2.75, 3.05) is 38.2 Å². The molecule has 0 aromatic carbocycles. The van der Waals surface area contributed by atoms with Crippen molar-refractivity contribution in [2.24, 2.45) is 0 Å². The van der Waals surface area contributed by atoms with E-state index in [4.69, 9.17) is 9.47 Å². The van der Waals surface area contributed by atoms with Crippen molar-refractivity contribution in [3.8, 4) is 5.88 Å². The summed E-state index contributed by atoms with van der Waals surface area (Å²) in [5, 5.41) is 3.39. The van der Waals surface area contributed by atoms with Crippen LogP contribution in [0.25, 0.3) is 0 Å². The second-order valence-electron chi connectivity index (χ2n) is 5.37. The third kappa shape index (κ3) is 4.94. The molecule has 0 bridgehead atoms. The quantitative estimate of drug-likeness (QED) is 0.850. The minimum atomic E-state index is 0.114. The summed E-state index contributed by atoms with van der Waals surface area (Å²) < 4.78 is 10.9. The van der Waals surface area contributed by atoms with Gasteiger partial charge in [0.1, 0.15) is 12.1 Å². The van der Waals surface area contributed by atoms with Crippen molar-refractivity contribution >= 4 is 5.82 Å². The van der Waals surface area contributed by atoms with Gasteiger partial charge in [0.15, 0.2) is 0 Å². The number of hydrogen-bond donors (Lipinski definition) is 1. The third-order valence-corrected chi connectivity index (χ3v) is 3.03. The monoisotopic (exact) mass is 280 g/mol. The zero-order valence-corrected chi connectivity index (χ0v) is 12.5. The number of morpholine rings is 1. The van der Waals surface area contributed by atoms with Gasteiger partial charge in [0.05, 0.1) is 19.3 Å². The van der Waals surface area contributed by atoms with Crippen LogP contribution in [0, 0.1) is 0 Å². The molecule has 1 aliphatic heterocycles. The standard InChI is InChI=1S/C14H24N4O2/c1-11(2)20-14-8-13(15-10-16-14)17-12(3)9-18-4-6-19-7-5-18/h8,10-12H,4-7,9H2,1-3H3,(H,15,16,17). The summed E-state index contributed by atoms with van der Waals surface area (Å²) >= 11 is 0. The van der Waals surface area contributed by atoms with Gasteiger partial charge >= 0.3 is 0 Å². The Morgan fingerprint density at radius 3 is 2.75 bits per heavy atom. The molecule has 6 nitrogen and oxygen atoms in total. The van der Waals surface area contributed by atoms with Crippen LogP contribution in [0.2, 0.25) is 0 Å². The summed E-state index contributed by atoms with van der Waals surface area (Å²) in [5.41, 5.74) is 0. The summed E-state index contributed by atoms with van der Waals surface area (Å²) in [5.74, 6) is 1.41. The lowest BCUT2D eigenvalue weighted by Gasteiger charge is -2.29. The molecule has 1 atom stereocenters. The number of aromatic nitrogens is 2. The molecule has 1 N–H and O–H groups in total. The van der Waals surface area contributed by atoms with E-state index in [1.54, 1.807) is 0 Å². The molecule has 112 valence electrons. The van der Waals surface area contributed by atoms with Crippen LogP contribution in [0.15, 0.2) is 12.4 Å². The van der Waals surface area contributed by atoms with E-state index in [9.17, 15) is 0 Å². The first-order chi connectivity index (χ1) is 9.63. The van der Waals surface area contributed by atoms with E-state index in [1.165, 1.54) is 6.33 Å². The van der Waals surface area contributed by atoms with E-state index in [0.717, 1.165) is 38.7 Å². The number of rotatable bonds is 6. The molecular weight excluding hydrogens is 256 g/mol. The van der Waals surface area contributed by atoms with Crippen LogP contribution in [0.4, 0.5) is 5.82 Å². The fourth-order valence-electron chi connectivity index (χ4n) is 2.19. The number of anilines is 1. The van der Waals surface area contributed by atoms with E-state index < -0.39 is 0 Å². The van der Waals surface area contributed by atoms with Gasteiger partial charge in [0.25, 0.3) is 0 Å². The van der Waals surface area contributed by atoms with Crippen molar-refractivity contribution in [3.05, 3.63) is 12.4 Å². The Labute approximate surface area is 120 Å². The predicted octanol–water partition coefficient (Wildman–Crippen LogP) is 1.40. The summed E-state index contributed by atoms with van der Waals surface area (Å²) in [6.45, 7) is 10.7. The number of nitrogens with zero attached hydrogens (tertiary/aromatic N) is 3. The van der Waals surface area contributed by atoms with Gasteiger partial charge in [0.2, 0.25) is 5.88 Å². The minimum Gasteiger partial charge on any atom is -0.475 e. The maximum Gasteiger partial charge on any atom is 0.218 e. The fraction of sp³-hybridized carbons (Fsp3) is 0.714. The summed E-state index contributed by atoms with van der Waals surface area (Å²) in [7, 11) is 0. The van der Waals surface area contributed by atoms with Crippen LogP contribution in [0.3, 0.4) is 0 Å². The first kappa shape index (κ1) is 15.0. The zero-order chi connectivity index (χ0) is 14.4. The van der Waals surface area contributed by atoms with Gasteiger partial charge in [-0.25, -0.2) is 9.97 Å². The van der Waals surface area contributed by atoms with Crippen LogP contribution in [0.5, 0.6) is 5.88 Å². The Balaban J connectivity index is 1.85. The largest absolute Gasteiger partial charge is 0.475 e. The Kier molecular flexibility index (Phi) is 5.55. The number of nitrogens with one attached hydrogen (secondary N) is 1. The highest BCUT2D eigenvalue weighted by atomic mass is 16.5. The molecule has 1 fully saturated rings. The molecule has 1 aromatic heterocycles. The minimum absolute atomic E-state index is 0.114. The first-order valence-electron chi connectivity index (χ1n) is 7.19. The molecule has 1 aliphatic rings. The normalized spacial score (nSPS) is 18.0. The number of ether oxygens (including phenoxy) is 2. The fourth-order valence-corrected chi connectivity index (χ4v) is 2.19. The lowest BCUT2D eigenvalue weighted by Crippen LogP contribution is -2.42. The van der Waals surface area contributed by atoms with Crippen molar-refractivity contribution in [1.82, 2.24) is 14.9 Å². The molecule has 1 unspecified atom stereocenters. The smallest absolute Gasteiger partial charge is 0.218 e. The average Bonchev–Trinajstić information content (AvgIpc) is 2.39. The van der Waals surface area contributed by atoms with Gasteiger partial charge in [0, 0.05) is 31.7 Å². The Morgan fingerprint density at radius 1 is 1.30 bits per heavy atom. The lowest BCUT2D eigenvalue weighted by atomic mass is 10.3. The molecule has 1 aromatic rings. The predicted molar refractivity (Wildman–Crippen MR) is 78.1 cm³/mol. The highest BCUT2D eigenvalue weighted by Gasteiger charge is 2.14. The topological polar surface area (TPSA) is 59.5 Å². The molecule has 2 rings (SSSR count). The van der Waals surface area contributed by atoms with E-state index in [0.29, 0.717) is 11.9 Å². The van der Waals surface area contributed by atoms with Crippen molar-refractivity contribution < 1.29 is 9.47 Å². The highest BCUT2D eigenvalue weighted by molar-refractivity contribution is 5.38. The van der Waals surface area contributed by atoms with Gasteiger partial charge in [-0.1, -0.05) is 0 Å². The lowest BCUT2D eigenvalue weighted by molar-refractivity contribution is 0.0368.